The number of benzene rings is 1. The summed E-state index contributed by atoms with van der Waals surface area (Å²) in [5.74, 6) is -0.895. The first-order chi connectivity index (χ1) is 9.74. The van der Waals surface area contributed by atoms with Crippen molar-refractivity contribution in [1.29, 1.82) is 0 Å². The maximum atomic E-state index is 13.0. The van der Waals surface area contributed by atoms with Crippen LogP contribution in [0.25, 0.3) is 0 Å². The van der Waals surface area contributed by atoms with Gasteiger partial charge in [0, 0.05) is 25.7 Å². The SMILES string of the molecule is CNC(=O)c1ccc(N2CC(S(=O)(=O)F)CC2=O)cc1Cl. The summed E-state index contributed by atoms with van der Waals surface area (Å²) in [4.78, 5) is 24.4. The van der Waals surface area contributed by atoms with Crippen molar-refractivity contribution < 1.29 is 21.9 Å². The highest BCUT2D eigenvalue weighted by Crippen LogP contribution is 2.29. The minimum Gasteiger partial charge on any atom is -0.355 e. The van der Waals surface area contributed by atoms with E-state index >= 15 is 0 Å². The third kappa shape index (κ3) is 3.16. The third-order valence-electron chi connectivity index (χ3n) is 3.22. The Morgan fingerprint density at radius 2 is 2.14 bits per heavy atom. The first-order valence-corrected chi connectivity index (χ1v) is 7.82. The lowest BCUT2D eigenvalue weighted by Gasteiger charge is -2.17. The van der Waals surface area contributed by atoms with Crippen LogP contribution < -0.4 is 10.2 Å². The van der Waals surface area contributed by atoms with Crippen LogP contribution in [0.1, 0.15) is 16.8 Å². The minimum atomic E-state index is -4.77. The molecule has 1 unspecified atom stereocenters. The van der Waals surface area contributed by atoms with E-state index in [1.807, 2.05) is 0 Å². The van der Waals surface area contributed by atoms with Gasteiger partial charge in [-0.25, -0.2) is 0 Å². The maximum Gasteiger partial charge on any atom is 0.307 e. The second-order valence-corrected chi connectivity index (χ2v) is 6.57. The van der Waals surface area contributed by atoms with Crippen LogP contribution >= 0.6 is 11.6 Å². The van der Waals surface area contributed by atoms with Gasteiger partial charge in [-0.15, -0.1) is 3.89 Å². The van der Waals surface area contributed by atoms with Gasteiger partial charge < -0.3 is 10.2 Å². The summed E-state index contributed by atoms with van der Waals surface area (Å²) >= 11 is 5.96. The van der Waals surface area contributed by atoms with E-state index in [9.17, 15) is 21.9 Å². The van der Waals surface area contributed by atoms with Crippen LogP contribution in [0.3, 0.4) is 0 Å². The number of rotatable bonds is 3. The van der Waals surface area contributed by atoms with Crippen LogP contribution in [0.15, 0.2) is 18.2 Å². The lowest BCUT2D eigenvalue weighted by Crippen LogP contribution is -2.27. The van der Waals surface area contributed by atoms with Gasteiger partial charge in [0.2, 0.25) is 5.91 Å². The Labute approximate surface area is 126 Å². The molecular formula is C12H12ClFN2O4S. The molecule has 0 aromatic heterocycles. The molecule has 1 N–H and O–H groups in total. The number of carbonyl (C=O) groups is 2. The van der Waals surface area contributed by atoms with Crippen molar-refractivity contribution in [2.75, 3.05) is 18.5 Å². The molecule has 1 fully saturated rings. The average molecular weight is 335 g/mol. The molecule has 1 aliphatic heterocycles. The number of hydrogen-bond acceptors (Lipinski definition) is 4. The van der Waals surface area contributed by atoms with Crippen LogP contribution in [-0.4, -0.2) is 39.1 Å². The van der Waals surface area contributed by atoms with E-state index in [0.717, 1.165) is 4.90 Å². The van der Waals surface area contributed by atoms with Gasteiger partial charge >= 0.3 is 10.2 Å². The van der Waals surface area contributed by atoms with E-state index in [1.165, 1.54) is 25.2 Å². The maximum absolute atomic E-state index is 13.0. The normalized spacial score (nSPS) is 18.9. The number of nitrogens with one attached hydrogen (secondary N) is 1. The summed E-state index contributed by atoms with van der Waals surface area (Å²) < 4.78 is 34.7. The molecule has 1 heterocycles. The second kappa shape index (κ2) is 5.61. The number of amides is 2. The summed E-state index contributed by atoms with van der Waals surface area (Å²) in [6, 6.07) is 4.25. The molecule has 0 radical (unpaired) electrons. The molecule has 21 heavy (non-hydrogen) atoms. The van der Waals surface area contributed by atoms with Gasteiger partial charge in [0.25, 0.3) is 5.91 Å². The van der Waals surface area contributed by atoms with Crippen LogP contribution in [0.4, 0.5) is 9.57 Å². The van der Waals surface area contributed by atoms with Gasteiger partial charge in [0.15, 0.2) is 0 Å². The van der Waals surface area contributed by atoms with Gasteiger partial charge in [0.05, 0.1) is 10.6 Å². The summed E-state index contributed by atoms with van der Waals surface area (Å²) in [5.41, 5.74) is 0.549. The quantitative estimate of drug-likeness (QED) is 0.839. The molecule has 2 rings (SSSR count). The van der Waals surface area contributed by atoms with Crippen LogP contribution in [-0.2, 0) is 15.0 Å². The van der Waals surface area contributed by atoms with Gasteiger partial charge in [-0.05, 0) is 18.2 Å². The summed E-state index contributed by atoms with van der Waals surface area (Å²) in [6.45, 7) is -0.271. The molecule has 0 bridgehead atoms. The van der Waals surface area contributed by atoms with Crippen molar-refractivity contribution in [2.45, 2.75) is 11.7 Å². The zero-order chi connectivity index (χ0) is 15.8. The molecule has 0 saturated carbocycles. The standard InChI is InChI=1S/C12H12ClFN2O4S/c1-15-12(18)9-3-2-7(4-10(9)13)16-6-8(5-11(16)17)21(14,19)20/h2-4,8H,5-6H2,1H3,(H,15,18). The molecule has 1 aromatic carbocycles. The number of nitrogens with zero attached hydrogens (tertiary/aromatic N) is 1. The van der Waals surface area contributed by atoms with Crippen molar-refractivity contribution in [3.63, 3.8) is 0 Å². The van der Waals surface area contributed by atoms with Gasteiger partial charge in [-0.3, -0.25) is 9.59 Å². The fourth-order valence-corrected chi connectivity index (χ4v) is 3.03. The molecule has 1 aromatic rings. The molecule has 114 valence electrons. The Balaban J connectivity index is 2.30. The number of hydrogen-bond donors (Lipinski definition) is 1. The Kier molecular flexibility index (Phi) is 4.20. The first-order valence-electron chi connectivity index (χ1n) is 5.99. The summed E-state index contributed by atoms with van der Waals surface area (Å²) in [7, 11) is -3.32. The predicted molar refractivity (Wildman–Crippen MR) is 75.6 cm³/mol. The van der Waals surface area contributed by atoms with E-state index in [1.54, 1.807) is 0 Å². The molecule has 0 spiro atoms. The molecule has 9 heteroatoms. The molecule has 2 amide bonds. The monoisotopic (exact) mass is 334 g/mol. The third-order valence-corrected chi connectivity index (χ3v) is 4.65. The molecule has 1 saturated heterocycles. The Morgan fingerprint density at radius 1 is 1.48 bits per heavy atom. The molecular weight excluding hydrogens is 323 g/mol. The van der Waals surface area contributed by atoms with E-state index < -0.39 is 27.8 Å². The smallest absolute Gasteiger partial charge is 0.307 e. The Hall–Kier alpha value is -1.67. The fourth-order valence-electron chi connectivity index (χ4n) is 2.10. The Morgan fingerprint density at radius 3 is 2.62 bits per heavy atom. The highest BCUT2D eigenvalue weighted by molar-refractivity contribution is 7.87. The van der Waals surface area contributed by atoms with Crippen LogP contribution in [0.5, 0.6) is 0 Å². The highest BCUT2D eigenvalue weighted by Gasteiger charge is 2.39. The molecule has 1 aliphatic rings. The van der Waals surface area contributed by atoms with Crippen molar-refractivity contribution in [3.05, 3.63) is 28.8 Å². The van der Waals surface area contributed by atoms with Crippen molar-refractivity contribution in [3.8, 4) is 0 Å². The highest BCUT2D eigenvalue weighted by atomic mass is 35.5. The van der Waals surface area contributed by atoms with Crippen molar-refractivity contribution >= 4 is 39.3 Å². The van der Waals surface area contributed by atoms with Gasteiger partial charge in [-0.1, -0.05) is 11.6 Å². The zero-order valence-corrected chi connectivity index (χ0v) is 12.5. The molecule has 1 atom stereocenters. The zero-order valence-electron chi connectivity index (χ0n) is 11.0. The minimum absolute atomic E-state index is 0.117. The summed E-state index contributed by atoms with van der Waals surface area (Å²) in [5, 5.41) is 1.16. The Bertz CT molecular complexity index is 707. The second-order valence-electron chi connectivity index (χ2n) is 4.55. The number of carbonyl (C=O) groups excluding carboxylic acids is 2. The van der Waals surface area contributed by atoms with Gasteiger partial charge in [-0.2, -0.15) is 8.42 Å². The lowest BCUT2D eigenvalue weighted by molar-refractivity contribution is -0.117. The van der Waals surface area contributed by atoms with E-state index in [0.29, 0.717) is 5.69 Å². The van der Waals surface area contributed by atoms with E-state index in [4.69, 9.17) is 11.6 Å². The van der Waals surface area contributed by atoms with Crippen LogP contribution in [0.2, 0.25) is 5.02 Å². The summed E-state index contributed by atoms with van der Waals surface area (Å²) in [6.07, 6.45) is -0.409. The van der Waals surface area contributed by atoms with E-state index in [2.05, 4.69) is 5.32 Å². The van der Waals surface area contributed by atoms with Crippen molar-refractivity contribution in [2.24, 2.45) is 0 Å². The number of halogens is 2. The fraction of sp³-hybridized carbons (Fsp3) is 0.333. The van der Waals surface area contributed by atoms with Crippen LogP contribution in [0, 0.1) is 0 Å². The van der Waals surface area contributed by atoms with Crippen molar-refractivity contribution in [1.82, 2.24) is 5.32 Å². The molecule has 0 aliphatic carbocycles. The largest absolute Gasteiger partial charge is 0.355 e. The lowest BCUT2D eigenvalue weighted by atomic mass is 10.2. The topological polar surface area (TPSA) is 83.6 Å². The first kappa shape index (κ1) is 15.7. The molecule has 6 nitrogen and oxygen atoms in total. The predicted octanol–water partition coefficient (Wildman–Crippen LogP) is 1.10. The van der Waals surface area contributed by atoms with E-state index in [-0.39, 0.29) is 23.0 Å². The number of anilines is 1. The van der Waals surface area contributed by atoms with Gasteiger partial charge in [0.1, 0.15) is 5.25 Å². The average Bonchev–Trinajstić information content (AvgIpc) is 2.80.